The summed E-state index contributed by atoms with van der Waals surface area (Å²) in [5, 5.41) is 12.2. The SMILES string of the molecule is CCOc1cc(/C=C(\C#N)C(=O)Nc2ccc(C)cc2)cc(I)c1OCC(=O)OC. The fourth-order valence-electron chi connectivity index (χ4n) is 2.41. The van der Waals surface area contributed by atoms with Crippen molar-refractivity contribution in [2.75, 3.05) is 25.6 Å². The van der Waals surface area contributed by atoms with Gasteiger partial charge in [0.15, 0.2) is 18.1 Å². The molecule has 0 aliphatic carbocycles. The van der Waals surface area contributed by atoms with Crippen LogP contribution in [0.1, 0.15) is 18.1 Å². The molecule has 0 radical (unpaired) electrons. The number of hydrogen-bond donors (Lipinski definition) is 1. The molecule has 0 aliphatic rings. The lowest BCUT2D eigenvalue weighted by molar-refractivity contribution is -0.142. The lowest BCUT2D eigenvalue weighted by Crippen LogP contribution is -2.14. The van der Waals surface area contributed by atoms with Crippen LogP contribution in [0.2, 0.25) is 0 Å². The van der Waals surface area contributed by atoms with E-state index in [4.69, 9.17) is 9.47 Å². The van der Waals surface area contributed by atoms with E-state index in [1.165, 1.54) is 13.2 Å². The minimum atomic E-state index is -0.517. The van der Waals surface area contributed by atoms with Crippen LogP contribution < -0.4 is 14.8 Å². The third kappa shape index (κ3) is 6.49. The number of anilines is 1. The number of nitriles is 1. The number of esters is 1. The maximum Gasteiger partial charge on any atom is 0.343 e. The standard InChI is InChI=1S/C22H21IN2O5/c1-4-29-19-11-15(10-18(23)21(19)30-13-20(26)28-3)9-16(12-24)22(27)25-17-7-5-14(2)6-8-17/h5-11H,4,13H2,1-3H3,(H,25,27)/b16-9+. The van der Waals surface area contributed by atoms with Crippen LogP contribution in [-0.4, -0.2) is 32.2 Å². The largest absolute Gasteiger partial charge is 0.490 e. The van der Waals surface area contributed by atoms with Crippen LogP contribution in [0.5, 0.6) is 11.5 Å². The molecule has 30 heavy (non-hydrogen) atoms. The van der Waals surface area contributed by atoms with Crippen LogP contribution in [0, 0.1) is 21.8 Å². The average Bonchev–Trinajstić information content (AvgIpc) is 2.72. The summed E-state index contributed by atoms with van der Waals surface area (Å²) in [5.41, 5.74) is 2.19. The Hall–Kier alpha value is -3.06. The zero-order valence-electron chi connectivity index (χ0n) is 16.8. The quantitative estimate of drug-likeness (QED) is 0.244. The predicted octanol–water partition coefficient (Wildman–Crippen LogP) is 4.10. The van der Waals surface area contributed by atoms with E-state index in [2.05, 4.69) is 10.1 Å². The van der Waals surface area contributed by atoms with Crippen molar-refractivity contribution < 1.29 is 23.8 Å². The molecule has 0 saturated carbocycles. The molecule has 7 nitrogen and oxygen atoms in total. The Morgan fingerprint density at radius 2 is 1.90 bits per heavy atom. The molecule has 0 saturated heterocycles. The summed E-state index contributed by atoms with van der Waals surface area (Å²) in [7, 11) is 1.28. The van der Waals surface area contributed by atoms with Gasteiger partial charge in [0.1, 0.15) is 11.6 Å². The van der Waals surface area contributed by atoms with E-state index in [0.29, 0.717) is 32.9 Å². The highest BCUT2D eigenvalue weighted by atomic mass is 127. The fourth-order valence-corrected chi connectivity index (χ4v) is 3.20. The van der Waals surface area contributed by atoms with E-state index >= 15 is 0 Å². The lowest BCUT2D eigenvalue weighted by atomic mass is 10.1. The molecule has 0 aromatic heterocycles. The second-order valence-corrected chi connectivity index (χ2v) is 7.28. The van der Waals surface area contributed by atoms with Crippen LogP contribution >= 0.6 is 22.6 Å². The molecule has 0 atom stereocenters. The van der Waals surface area contributed by atoms with E-state index in [1.807, 2.05) is 54.6 Å². The Bertz CT molecular complexity index is 994. The molecule has 0 spiro atoms. The van der Waals surface area contributed by atoms with Crippen molar-refractivity contribution in [3.05, 3.63) is 56.7 Å². The summed E-state index contributed by atoms with van der Waals surface area (Å²) in [6.45, 7) is 3.87. The van der Waals surface area contributed by atoms with Gasteiger partial charge in [0.05, 0.1) is 17.3 Å². The normalized spacial score (nSPS) is 10.7. The van der Waals surface area contributed by atoms with Gasteiger partial charge in [0.25, 0.3) is 5.91 Å². The monoisotopic (exact) mass is 520 g/mol. The van der Waals surface area contributed by atoms with Gasteiger partial charge in [0.2, 0.25) is 0 Å². The second kappa shape index (κ2) is 11.2. The second-order valence-electron chi connectivity index (χ2n) is 6.12. The van der Waals surface area contributed by atoms with E-state index in [1.54, 1.807) is 24.3 Å². The first kappa shape index (κ1) is 23.2. The van der Waals surface area contributed by atoms with Gasteiger partial charge in [0, 0.05) is 5.69 Å². The van der Waals surface area contributed by atoms with Crippen LogP contribution in [0.15, 0.2) is 42.0 Å². The van der Waals surface area contributed by atoms with Crippen molar-refractivity contribution in [2.45, 2.75) is 13.8 Å². The number of nitrogens with one attached hydrogen (secondary N) is 1. The molecule has 2 aromatic rings. The first-order valence-electron chi connectivity index (χ1n) is 9.03. The van der Waals surface area contributed by atoms with Gasteiger partial charge in [-0.2, -0.15) is 5.26 Å². The highest BCUT2D eigenvalue weighted by Gasteiger charge is 2.15. The van der Waals surface area contributed by atoms with Crippen molar-refractivity contribution in [1.82, 2.24) is 0 Å². The molecule has 156 valence electrons. The predicted molar refractivity (Wildman–Crippen MR) is 121 cm³/mol. The molecule has 1 N–H and O–H groups in total. The van der Waals surface area contributed by atoms with Gasteiger partial charge in [-0.15, -0.1) is 0 Å². The van der Waals surface area contributed by atoms with Gasteiger partial charge in [-0.1, -0.05) is 17.7 Å². The number of halogens is 1. The van der Waals surface area contributed by atoms with Crippen LogP contribution in [-0.2, 0) is 14.3 Å². The summed E-state index contributed by atoms with van der Waals surface area (Å²) in [4.78, 5) is 23.9. The maximum absolute atomic E-state index is 12.5. The highest BCUT2D eigenvalue weighted by Crippen LogP contribution is 2.35. The molecule has 8 heteroatoms. The number of methoxy groups -OCH3 is 1. The van der Waals surface area contributed by atoms with Crippen molar-refractivity contribution in [1.29, 1.82) is 5.26 Å². The van der Waals surface area contributed by atoms with Gasteiger partial charge in [-0.3, -0.25) is 4.79 Å². The van der Waals surface area contributed by atoms with Crippen LogP contribution in [0.25, 0.3) is 6.08 Å². The molecule has 0 aliphatic heterocycles. The zero-order chi connectivity index (χ0) is 22.1. The Labute approximate surface area is 188 Å². The minimum absolute atomic E-state index is 0.0583. The smallest absolute Gasteiger partial charge is 0.343 e. The number of ether oxygens (including phenoxy) is 3. The van der Waals surface area contributed by atoms with E-state index < -0.39 is 11.9 Å². The van der Waals surface area contributed by atoms with Crippen molar-refractivity contribution in [2.24, 2.45) is 0 Å². The number of nitrogens with zero attached hydrogens (tertiary/aromatic N) is 1. The van der Waals surface area contributed by atoms with Crippen molar-refractivity contribution in [3.63, 3.8) is 0 Å². The number of carbonyl (C=O) groups is 2. The minimum Gasteiger partial charge on any atom is -0.490 e. The summed E-state index contributed by atoms with van der Waals surface area (Å²) in [5.74, 6) is -0.240. The topological polar surface area (TPSA) is 97.6 Å². The van der Waals surface area contributed by atoms with Gasteiger partial charge < -0.3 is 19.5 Å². The number of aryl methyl sites for hydroxylation is 1. The van der Waals surface area contributed by atoms with Gasteiger partial charge in [-0.25, -0.2) is 4.79 Å². The summed E-state index contributed by atoms with van der Waals surface area (Å²) < 4.78 is 16.4. The van der Waals surface area contributed by atoms with Gasteiger partial charge in [-0.05, 0) is 72.3 Å². The molecular weight excluding hydrogens is 499 g/mol. The maximum atomic E-state index is 12.5. The number of hydrogen-bond acceptors (Lipinski definition) is 6. The van der Waals surface area contributed by atoms with E-state index in [0.717, 1.165) is 5.56 Å². The molecule has 0 heterocycles. The lowest BCUT2D eigenvalue weighted by Gasteiger charge is -2.14. The summed E-state index contributed by atoms with van der Waals surface area (Å²) >= 11 is 2.04. The summed E-state index contributed by atoms with van der Waals surface area (Å²) in [6, 6.07) is 12.6. The third-order valence-corrected chi connectivity index (χ3v) is 4.68. The first-order chi connectivity index (χ1) is 14.4. The van der Waals surface area contributed by atoms with E-state index in [9.17, 15) is 14.9 Å². The number of amides is 1. The average molecular weight is 520 g/mol. The molecule has 0 bridgehead atoms. The van der Waals surface area contributed by atoms with Crippen LogP contribution in [0.4, 0.5) is 5.69 Å². The Morgan fingerprint density at radius 1 is 1.20 bits per heavy atom. The van der Waals surface area contributed by atoms with E-state index in [-0.39, 0.29) is 12.2 Å². The first-order valence-corrected chi connectivity index (χ1v) is 10.1. The molecule has 0 fully saturated rings. The molecule has 1 amide bonds. The Kier molecular flexibility index (Phi) is 8.68. The van der Waals surface area contributed by atoms with Crippen molar-refractivity contribution in [3.8, 4) is 17.6 Å². The molecular formula is C22H21IN2O5. The number of carbonyl (C=O) groups excluding carboxylic acids is 2. The molecule has 2 rings (SSSR count). The third-order valence-electron chi connectivity index (χ3n) is 3.88. The molecule has 2 aromatic carbocycles. The number of rotatable bonds is 8. The molecule has 0 unspecified atom stereocenters. The summed E-state index contributed by atoms with van der Waals surface area (Å²) in [6.07, 6.45) is 1.47. The fraction of sp³-hybridized carbons (Fsp3) is 0.227. The zero-order valence-corrected chi connectivity index (χ0v) is 19.0. The highest BCUT2D eigenvalue weighted by molar-refractivity contribution is 14.1. The van der Waals surface area contributed by atoms with Crippen molar-refractivity contribution >= 4 is 46.2 Å². The number of benzene rings is 2. The van der Waals surface area contributed by atoms with Gasteiger partial charge >= 0.3 is 5.97 Å². The Morgan fingerprint density at radius 3 is 2.50 bits per heavy atom. The van der Waals surface area contributed by atoms with Crippen LogP contribution in [0.3, 0.4) is 0 Å². The Balaban J connectivity index is 2.30.